The molecule has 0 fully saturated rings. The van der Waals surface area contributed by atoms with Crippen LogP contribution in [-0.4, -0.2) is 41.1 Å². The molecule has 2 atom stereocenters. The summed E-state index contributed by atoms with van der Waals surface area (Å²) in [6.45, 7) is 1.67. The third-order valence-corrected chi connectivity index (χ3v) is 6.88. The quantitative estimate of drug-likeness (QED) is 0.342. The maximum atomic E-state index is 13.3. The van der Waals surface area contributed by atoms with Crippen LogP contribution in [-0.2, 0) is 14.8 Å². The van der Waals surface area contributed by atoms with Crippen LogP contribution in [0.5, 0.6) is 5.75 Å². The normalized spacial score (nSPS) is 13.4. The van der Waals surface area contributed by atoms with Crippen molar-refractivity contribution in [2.24, 2.45) is 0 Å². The van der Waals surface area contributed by atoms with E-state index < -0.39 is 40.3 Å². The second kappa shape index (κ2) is 10.2. The number of carboxylic acid groups (broad SMARTS) is 1. The smallest absolute Gasteiger partial charge is 0.304 e. The van der Waals surface area contributed by atoms with Gasteiger partial charge in [0, 0.05) is 5.39 Å². The standard InChI is InChI=1S/C25H24FN3O5S/c1-17(28-35(32,33)14-13-24(30)31)25(18-5-3-2-4-6-18)34-22-11-12-23-19(15-22)16-27-29(23)21-9-7-20(26)8-10-21/h2-12,15-17,25,28H,13-14H2,1H3,(H,30,31)/t17-,25-/m0/s1. The number of nitrogens with one attached hydrogen (secondary N) is 1. The molecule has 0 aliphatic carbocycles. The number of aliphatic carboxylic acids is 1. The lowest BCUT2D eigenvalue weighted by molar-refractivity contribution is -0.136. The number of sulfonamides is 1. The van der Waals surface area contributed by atoms with Crippen LogP contribution >= 0.6 is 0 Å². The molecule has 8 nitrogen and oxygen atoms in total. The molecule has 0 saturated heterocycles. The van der Waals surface area contributed by atoms with E-state index >= 15 is 0 Å². The molecule has 0 amide bonds. The highest BCUT2D eigenvalue weighted by atomic mass is 32.2. The van der Waals surface area contributed by atoms with Crippen LogP contribution < -0.4 is 9.46 Å². The second-order valence-corrected chi connectivity index (χ2v) is 9.95. The zero-order valence-corrected chi connectivity index (χ0v) is 19.7. The van der Waals surface area contributed by atoms with Gasteiger partial charge in [-0.2, -0.15) is 5.10 Å². The SMILES string of the molecule is C[C@H](NS(=O)(=O)CCC(=O)O)[C@H](Oc1ccc2c(cnn2-c2ccc(F)cc2)c1)c1ccccc1. The van der Waals surface area contributed by atoms with Crippen molar-refractivity contribution in [3.05, 3.63) is 90.4 Å². The lowest BCUT2D eigenvalue weighted by Crippen LogP contribution is -2.40. The number of rotatable bonds is 10. The summed E-state index contributed by atoms with van der Waals surface area (Å²) in [7, 11) is -3.84. The Labute approximate surface area is 202 Å². The van der Waals surface area contributed by atoms with E-state index in [0.29, 0.717) is 11.4 Å². The molecule has 35 heavy (non-hydrogen) atoms. The van der Waals surface area contributed by atoms with Crippen LogP contribution in [0.4, 0.5) is 4.39 Å². The summed E-state index contributed by atoms with van der Waals surface area (Å²) in [5.74, 6) is -1.54. The van der Waals surface area contributed by atoms with Crippen molar-refractivity contribution >= 4 is 26.9 Å². The molecule has 1 aromatic heterocycles. The number of carbonyl (C=O) groups is 1. The maximum Gasteiger partial charge on any atom is 0.304 e. The van der Waals surface area contributed by atoms with Crippen molar-refractivity contribution in [2.75, 3.05) is 5.75 Å². The Kier molecular flexibility index (Phi) is 7.13. The minimum Gasteiger partial charge on any atom is -0.484 e. The Hall–Kier alpha value is -3.76. The predicted octanol–water partition coefficient (Wildman–Crippen LogP) is 4.07. The third kappa shape index (κ3) is 6.03. The molecule has 1 heterocycles. The third-order valence-electron chi connectivity index (χ3n) is 5.41. The van der Waals surface area contributed by atoms with E-state index in [0.717, 1.165) is 16.5 Å². The summed E-state index contributed by atoms with van der Waals surface area (Å²) in [5.41, 5.74) is 2.26. The summed E-state index contributed by atoms with van der Waals surface area (Å²) in [4.78, 5) is 10.8. The van der Waals surface area contributed by atoms with Crippen molar-refractivity contribution in [1.82, 2.24) is 14.5 Å². The summed E-state index contributed by atoms with van der Waals surface area (Å²) in [5, 5.41) is 14.0. The van der Waals surface area contributed by atoms with Gasteiger partial charge in [0.05, 0.1) is 35.6 Å². The Morgan fingerprint density at radius 2 is 1.83 bits per heavy atom. The molecule has 0 spiro atoms. The fourth-order valence-corrected chi connectivity index (χ4v) is 5.00. The number of carboxylic acids is 1. The maximum absolute atomic E-state index is 13.3. The highest BCUT2D eigenvalue weighted by molar-refractivity contribution is 7.89. The number of hydrogen-bond acceptors (Lipinski definition) is 5. The highest BCUT2D eigenvalue weighted by Crippen LogP contribution is 2.29. The molecule has 10 heteroatoms. The zero-order valence-electron chi connectivity index (χ0n) is 18.8. The molecule has 4 rings (SSSR count). The van der Waals surface area contributed by atoms with Crippen molar-refractivity contribution in [2.45, 2.75) is 25.5 Å². The van der Waals surface area contributed by atoms with Crippen LogP contribution in [0, 0.1) is 5.82 Å². The van der Waals surface area contributed by atoms with Gasteiger partial charge in [0.2, 0.25) is 10.0 Å². The fraction of sp³-hybridized carbons (Fsp3) is 0.200. The van der Waals surface area contributed by atoms with Crippen molar-refractivity contribution in [3.63, 3.8) is 0 Å². The van der Waals surface area contributed by atoms with Crippen LogP contribution in [0.3, 0.4) is 0 Å². The molecular formula is C25H24FN3O5S. The van der Waals surface area contributed by atoms with Crippen molar-refractivity contribution < 1.29 is 27.4 Å². The van der Waals surface area contributed by atoms with E-state index in [1.165, 1.54) is 12.1 Å². The molecule has 0 unspecified atom stereocenters. The Morgan fingerprint density at radius 3 is 2.51 bits per heavy atom. The summed E-state index contributed by atoms with van der Waals surface area (Å²) in [6.07, 6.45) is 0.495. The van der Waals surface area contributed by atoms with Crippen LogP contribution in [0.2, 0.25) is 0 Å². The van der Waals surface area contributed by atoms with Gasteiger partial charge in [-0.15, -0.1) is 0 Å². The molecule has 0 radical (unpaired) electrons. The molecule has 0 aliphatic heterocycles. The van der Waals surface area contributed by atoms with Gasteiger partial charge < -0.3 is 9.84 Å². The van der Waals surface area contributed by atoms with Crippen LogP contribution in [0.15, 0.2) is 79.0 Å². The molecular weight excluding hydrogens is 473 g/mol. The molecule has 182 valence electrons. The number of nitrogens with zero attached hydrogens (tertiary/aromatic N) is 2. The first kappa shape index (κ1) is 24.4. The fourth-order valence-electron chi connectivity index (χ4n) is 3.75. The van der Waals surface area contributed by atoms with Gasteiger partial charge in [0.1, 0.15) is 17.7 Å². The van der Waals surface area contributed by atoms with Gasteiger partial charge in [0.15, 0.2) is 0 Å². The van der Waals surface area contributed by atoms with Gasteiger partial charge >= 0.3 is 5.97 Å². The summed E-state index contributed by atoms with van der Waals surface area (Å²) < 4.78 is 48.6. The van der Waals surface area contributed by atoms with E-state index in [1.807, 2.05) is 36.4 Å². The average Bonchev–Trinajstić information content (AvgIpc) is 3.25. The first-order valence-electron chi connectivity index (χ1n) is 10.9. The number of hydrogen-bond donors (Lipinski definition) is 2. The van der Waals surface area contributed by atoms with Gasteiger partial charge in [-0.05, 0) is 55.0 Å². The first-order chi connectivity index (χ1) is 16.7. The predicted molar refractivity (Wildman–Crippen MR) is 129 cm³/mol. The highest BCUT2D eigenvalue weighted by Gasteiger charge is 2.26. The number of benzene rings is 3. The van der Waals surface area contributed by atoms with E-state index in [1.54, 1.807) is 42.1 Å². The average molecular weight is 498 g/mol. The molecule has 0 aliphatic rings. The van der Waals surface area contributed by atoms with Crippen molar-refractivity contribution in [3.8, 4) is 11.4 Å². The summed E-state index contributed by atoms with van der Waals surface area (Å²) >= 11 is 0. The van der Waals surface area contributed by atoms with Crippen LogP contribution in [0.25, 0.3) is 16.6 Å². The van der Waals surface area contributed by atoms with E-state index in [-0.39, 0.29) is 5.82 Å². The Bertz CT molecular complexity index is 1420. The van der Waals surface area contributed by atoms with Gasteiger partial charge in [-0.25, -0.2) is 22.2 Å². The first-order valence-corrected chi connectivity index (χ1v) is 12.5. The van der Waals surface area contributed by atoms with Gasteiger partial charge in [-0.3, -0.25) is 4.79 Å². The lowest BCUT2D eigenvalue weighted by atomic mass is 10.0. The monoisotopic (exact) mass is 497 g/mol. The molecule has 0 saturated carbocycles. The molecule has 4 aromatic rings. The van der Waals surface area contributed by atoms with E-state index in [9.17, 15) is 17.6 Å². The number of aromatic nitrogens is 2. The Balaban J connectivity index is 1.60. The minimum atomic E-state index is -3.84. The molecule has 0 bridgehead atoms. The lowest BCUT2D eigenvalue weighted by Gasteiger charge is -2.26. The van der Waals surface area contributed by atoms with Crippen LogP contribution in [0.1, 0.15) is 25.0 Å². The van der Waals surface area contributed by atoms with Crippen molar-refractivity contribution in [1.29, 1.82) is 0 Å². The topological polar surface area (TPSA) is 111 Å². The summed E-state index contributed by atoms with van der Waals surface area (Å²) in [6, 6.07) is 19.8. The number of halogens is 1. The number of ether oxygens (including phenoxy) is 1. The zero-order chi connectivity index (χ0) is 25.0. The minimum absolute atomic E-state index is 0.333. The van der Waals surface area contributed by atoms with Gasteiger partial charge in [0.25, 0.3) is 0 Å². The second-order valence-electron chi connectivity index (χ2n) is 8.07. The van der Waals surface area contributed by atoms with E-state index in [2.05, 4.69) is 9.82 Å². The Morgan fingerprint density at radius 1 is 1.11 bits per heavy atom. The van der Waals surface area contributed by atoms with E-state index in [4.69, 9.17) is 9.84 Å². The molecule has 3 aromatic carbocycles. The largest absolute Gasteiger partial charge is 0.484 e. The number of fused-ring (bicyclic) bond motifs is 1. The molecule has 2 N–H and O–H groups in total. The van der Waals surface area contributed by atoms with Gasteiger partial charge in [-0.1, -0.05) is 30.3 Å².